The highest BCUT2D eigenvalue weighted by Crippen LogP contribution is 2.35. The number of hydrogen-bond acceptors (Lipinski definition) is 7. The van der Waals surface area contributed by atoms with E-state index in [2.05, 4.69) is 10.0 Å². The fourth-order valence-corrected chi connectivity index (χ4v) is 8.54. The first-order valence-electron chi connectivity index (χ1n) is 18.2. The average molecular weight is 782 g/mol. The van der Waals surface area contributed by atoms with E-state index in [4.69, 9.17) is 16.3 Å². The summed E-state index contributed by atoms with van der Waals surface area (Å²) >= 11 is 6.16. The van der Waals surface area contributed by atoms with Crippen molar-refractivity contribution in [1.82, 2.24) is 15.1 Å². The third-order valence-corrected chi connectivity index (χ3v) is 11.6. The number of rotatable bonds is 9. The number of para-hydroxylation sites is 1. The number of ether oxygens (including phenoxy) is 1. The highest BCUT2D eigenvalue weighted by Gasteiger charge is 2.39. The van der Waals surface area contributed by atoms with Crippen molar-refractivity contribution in [3.8, 4) is 6.07 Å². The Morgan fingerprint density at radius 3 is 2.24 bits per heavy atom. The van der Waals surface area contributed by atoms with Gasteiger partial charge in [-0.25, -0.2) is 13.2 Å². The number of carbonyl (C=O) groups excluding carboxylic acids is 3. The lowest BCUT2D eigenvalue weighted by Gasteiger charge is -2.38. The zero-order valence-electron chi connectivity index (χ0n) is 31.0. The molecule has 1 saturated heterocycles. The smallest absolute Gasteiger partial charge is 0.411 e. The van der Waals surface area contributed by atoms with E-state index in [0.717, 1.165) is 22.3 Å². The molecular weight excluding hydrogens is 738 g/mol. The van der Waals surface area contributed by atoms with Gasteiger partial charge >= 0.3 is 6.09 Å². The van der Waals surface area contributed by atoms with Gasteiger partial charge < -0.3 is 15.0 Å². The van der Waals surface area contributed by atoms with E-state index in [0.29, 0.717) is 36.6 Å². The Hall–Kier alpha value is -5.38. The molecule has 4 aromatic carbocycles. The number of halogens is 1. The molecule has 0 spiro atoms. The molecule has 0 radical (unpaired) electrons. The van der Waals surface area contributed by atoms with Crippen molar-refractivity contribution in [2.45, 2.75) is 81.5 Å². The second-order valence-electron chi connectivity index (χ2n) is 14.9. The van der Waals surface area contributed by atoms with Gasteiger partial charge in [-0.3, -0.25) is 19.2 Å². The van der Waals surface area contributed by atoms with Crippen molar-refractivity contribution in [2.24, 2.45) is 0 Å². The highest BCUT2D eigenvalue weighted by molar-refractivity contribution is 7.92. The molecule has 0 aliphatic carbocycles. The fraction of sp³-hybridized carbons (Fsp3) is 0.333. The van der Waals surface area contributed by atoms with Crippen molar-refractivity contribution < 1.29 is 27.5 Å². The highest BCUT2D eigenvalue weighted by atomic mass is 35.5. The zero-order chi connectivity index (χ0) is 39.3. The van der Waals surface area contributed by atoms with Crippen molar-refractivity contribution in [1.29, 1.82) is 5.26 Å². The molecular formula is C42H44ClN5O6S. The summed E-state index contributed by atoms with van der Waals surface area (Å²) in [6, 6.07) is 28.1. The van der Waals surface area contributed by atoms with E-state index in [9.17, 15) is 28.1 Å². The van der Waals surface area contributed by atoms with Gasteiger partial charge in [-0.2, -0.15) is 5.26 Å². The Labute approximate surface area is 327 Å². The topological polar surface area (TPSA) is 149 Å². The van der Waals surface area contributed by atoms with Gasteiger partial charge in [0.2, 0.25) is 11.8 Å². The third kappa shape index (κ3) is 9.47. The van der Waals surface area contributed by atoms with Gasteiger partial charge in [-0.15, -0.1) is 0 Å². The molecule has 2 aliphatic rings. The number of anilines is 1. The van der Waals surface area contributed by atoms with Crippen molar-refractivity contribution in [3.05, 3.63) is 130 Å². The molecule has 0 bridgehead atoms. The van der Waals surface area contributed by atoms with Crippen LogP contribution in [0.4, 0.5) is 10.5 Å². The van der Waals surface area contributed by atoms with Gasteiger partial charge in [0, 0.05) is 31.0 Å². The van der Waals surface area contributed by atoms with E-state index in [-0.39, 0.29) is 41.7 Å². The number of hydrogen-bond donors (Lipinski definition) is 2. The largest absolute Gasteiger partial charge is 0.444 e. The maximum atomic E-state index is 14.4. The number of fused-ring (bicyclic) bond motifs is 1. The van der Waals surface area contributed by atoms with Crippen LogP contribution in [0.15, 0.2) is 102 Å². The van der Waals surface area contributed by atoms with Gasteiger partial charge in [0.1, 0.15) is 28.6 Å². The first-order chi connectivity index (χ1) is 26.2. The summed E-state index contributed by atoms with van der Waals surface area (Å²) in [5.41, 5.74) is 3.15. The summed E-state index contributed by atoms with van der Waals surface area (Å²) in [6.07, 6.45) is 0.951. The van der Waals surface area contributed by atoms with E-state index in [1.165, 1.54) is 17.0 Å². The lowest BCUT2D eigenvalue weighted by Crippen LogP contribution is -2.58. The number of piperidine rings is 1. The Morgan fingerprint density at radius 1 is 0.909 bits per heavy atom. The van der Waals surface area contributed by atoms with Gasteiger partial charge in [0.25, 0.3) is 10.0 Å². The van der Waals surface area contributed by atoms with E-state index in [1.807, 2.05) is 54.6 Å². The lowest BCUT2D eigenvalue weighted by molar-refractivity contribution is -0.138. The van der Waals surface area contributed by atoms with Crippen LogP contribution in [0.3, 0.4) is 0 Å². The van der Waals surface area contributed by atoms with Crippen LogP contribution in [0.5, 0.6) is 0 Å². The van der Waals surface area contributed by atoms with Crippen LogP contribution in [0, 0.1) is 11.3 Å². The quantitative estimate of drug-likeness (QED) is 0.190. The fourth-order valence-electron chi connectivity index (χ4n) is 7.16. The van der Waals surface area contributed by atoms with E-state index >= 15 is 0 Å². The standard InChI is InChI=1S/C42H44ClN5O6S/c1-42(2,3)54-41(51)48-27-32-12-5-4-10-30(32)25-37(48)39(49)45-36(24-28-16-18-33(43)19-17-28)40(50)47-22-20-29(21-23-47)34-13-7-8-14-35(34)46-55(52,53)38-15-9-6-11-31(38)26-44/h4-19,29,36-37,46H,20-25,27H2,1-3H3,(H,45,49)/t36-,37+/m1/s1. The Bertz CT molecular complexity index is 2210. The molecule has 11 nitrogen and oxygen atoms in total. The van der Waals surface area contributed by atoms with E-state index in [1.54, 1.807) is 62.1 Å². The number of likely N-dealkylation sites (tertiary alicyclic amines) is 1. The molecule has 2 heterocycles. The normalized spacial score (nSPS) is 16.7. The molecule has 4 aromatic rings. The van der Waals surface area contributed by atoms with Gasteiger partial charge in [-0.05, 0) is 92.1 Å². The molecule has 0 saturated carbocycles. The SMILES string of the molecule is CC(C)(C)OC(=O)N1Cc2ccccc2C[C@H]1C(=O)N[C@H](Cc1ccc(Cl)cc1)C(=O)N1CCC(c2ccccc2NS(=O)(=O)c2ccccc2C#N)CC1. The predicted molar refractivity (Wildman–Crippen MR) is 210 cm³/mol. The second kappa shape index (κ2) is 16.6. The van der Waals surface area contributed by atoms with Crippen LogP contribution >= 0.6 is 11.6 Å². The van der Waals surface area contributed by atoms with Crippen LogP contribution in [0.25, 0.3) is 0 Å². The number of nitriles is 1. The first kappa shape index (κ1) is 39.3. The molecule has 6 rings (SSSR count). The summed E-state index contributed by atoms with van der Waals surface area (Å²) in [4.78, 5) is 45.1. The van der Waals surface area contributed by atoms with E-state index < -0.39 is 39.7 Å². The Balaban J connectivity index is 1.20. The third-order valence-electron chi connectivity index (χ3n) is 9.90. The van der Waals surface area contributed by atoms with Crippen molar-refractivity contribution in [2.75, 3.05) is 17.8 Å². The lowest BCUT2D eigenvalue weighted by atomic mass is 9.88. The molecule has 55 heavy (non-hydrogen) atoms. The predicted octanol–water partition coefficient (Wildman–Crippen LogP) is 6.81. The van der Waals surface area contributed by atoms with Crippen LogP contribution < -0.4 is 10.0 Å². The first-order valence-corrected chi connectivity index (χ1v) is 20.1. The average Bonchev–Trinajstić information content (AvgIpc) is 3.17. The van der Waals surface area contributed by atoms with Gasteiger partial charge in [0.05, 0.1) is 17.8 Å². The van der Waals surface area contributed by atoms with Crippen LogP contribution in [-0.4, -0.2) is 66.9 Å². The summed E-state index contributed by atoms with van der Waals surface area (Å²) < 4.78 is 35.2. The molecule has 2 atom stereocenters. The number of sulfonamides is 1. The molecule has 0 unspecified atom stereocenters. The number of nitrogens with one attached hydrogen (secondary N) is 2. The molecule has 286 valence electrons. The Kier molecular flexibility index (Phi) is 11.8. The molecule has 1 fully saturated rings. The van der Waals surface area contributed by atoms with Crippen molar-refractivity contribution in [3.63, 3.8) is 0 Å². The minimum Gasteiger partial charge on any atom is -0.444 e. The second-order valence-corrected chi connectivity index (χ2v) is 17.0. The zero-order valence-corrected chi connectivity index (χ0v) is 32.6. The van der Waals surface area contributed by atoms with Gasteiger partial charge in [-0.1, -0.05) is 78.3 Å². The maximum Gasteiger partial charge on any atom is 0.411 e. The summed E-state index contributed by atoms with van der Waals surface area (Å²) in [7, 11) is -4.06. The molecule has 2 N–H and O–H groups in total. The number of amides is 3. The number of nitrogens with zero attached hydrogens (tertiary/aromatic N) is 3. The van der Waals surface area contributed by atoms with Gasteiger partial charge in [0.15, 0.2) is 0 Å². The summed E-state index contributed by atoms with van der Waals surface area (Å²) in [5.74, 6) is -0.784. The molecule has 0 aromatic heterocycles. The number of benzene rings is 4. The summed E-state index contributed by atoms with van der Waals surface area (Å²) in [5, 5.41) is 13.1. The molecule has 3 amide bonds. The summed E-state index contributed by atoms with van der Waals surface area (Å²) in [6.45, 7) is 6.25. The monoisotopic (exact) mass is 781 g/mol. The maximum absolute atomic E-state index is 14.4. The minimum absolute atomic E-state index is 0.0467. The molecule has 2 aliphatic heterocycles. The van der Waals surface area contributed by atoms with Crippen LogP contribution in [0.2, 0.25) is 5.02 Å². The van der Waals surface area contributed by atoms with Crippen molar-refractivity contribution >= 4 is 45.2 Å². The minimum atomic E-state index is -4.06. The molecule has 13 heteroatoms. The Morgan fingerprint density at radius 2 is 1.55 bits per heavy atom. The number of carbonyl (C=O) groups is 3. The van der Waals surface area contributed by atoms with Crippen LogP contribution in [0.1, 0.15) is 67.3 Å². The van der Waals surface area contributed by atoms with Crippen LogP contribution in [-0.2, 0) is 43.7 Å².